The third-order valence-electron chi connectivity index (χ3n) is 5.12. The molecule has 3 heterocycles. The molecule has 0 bridgehead atoms. The lowest BCUT2D eigenvalue weighted by atomic mass is 9.96. The van der Waals surface area contributed by atoms with Crippen molar-refractivity contribution >= 4 is 17.3 Å². The van der Waals surface area contributed by atoms with Gasteiger partial charge in [-0.15, -0.1) is 0 Å². The molecule has 0 amide bonds. The predicted molar refractivity (Wildman–Crippen MR) is 111 cm³/mol. The van der Waals surface area contributed by atoms with Gasteiger partial charge in [0.05, 0.1) is 17.8 Å². The fourth-order valence-corrected chi connectivity index (χ4v) is 4.55. The molecular formula is C21H30N4S. The number of aryl methyl sites for hydroxylation is 1. The van der Waals surface area contributed by atoms with Crippen molar-refractivity contribution in [2.75, 3.05) is 6.54 Å². The van der Waals surface area contributed by atoms with Gasteiger partial charge in [-0.3, -0.25) is 4.98 Å². The van der Waals surface area contributed by atoms with Crippen LogP contribution in [0, 0.1) is 19.8 Å². The van der Waals surface area contributed by atoms with Gasteiger partial charge in [-0.1, -0.05) is 19.9 Å². The van der Waals surface area contributed by atoms with Crippen LogP contribution in [0.3, 0.4) is 0 Å². The molecule has 0 saturated carbocycles. The summed E-state index contributed by atoms with van der Waals surface area (Å²) in [4.78, 5) is 6.98. The van der Waals surface area contributed by atoms with Gasteiger partial charge in [0.2, 0.25) is 0 Å². The van der Waals surface area contributed by atoms with Crippen LogP contribution in [-0.2, 0) is 0 Å². The second kappa shape index (κ2) is 7.39. The highest BCUT2D eigenvalue weighted by molar-refractivity contribution is 7.80. The highest BCUT2D eigenvalue weighted by Gasteiger charge is 2.41. The van der Waals surface area contributed by atoms with Crippen molar-refractivity contribution in [1.29, 1.82) is 0 Å². The smallest absolute Gasteiger partial charge is 0.170 e. The van der Waals surface area contributed by atoms with Crippen molar-refractivity contribution in [2.24, 2.45) is 5.92 Å². The first-order chi connectivity index (χ1) is 12.3. The van der Waals surface area contributed by atoms with E-state index in [1.807, 2.05) is 18.3 Å². The maximum Gasteiger partial charge on any atom is 0.170 e. The van der Waals surface area contributed by atoms with E-state index in [1.54, 1.807) is 0 Å². The van der Waals surface area contributed by atoms with Crippen LogP contribution in [0.1, 0.15) is 68.5 Å². The Morgan fingerprint density at radius 3 is 2.46 bits per heavy atom. The van der Waals surface area contributed by atoms with Crippen LogP contribution in [-0.4, -0.2) is 26.1 Å². The first kappa shape index (κ1) is 18.9. The van der Waals surface area contributed by atoms with Crippen molar-refractivity contribution < 1.29 is 0 Å². The summed E-state index contributed by atoms with van der Waals surface area (Å²) in [5, 5.41) is 4.37. The van der Waals surface area contributed by atoms with E-state index in [0.29, 0.717) is 12.0 Å². The highest BCUT2D eigenvalue weighted by Crippen LogP contribution is 2.41. The van der Waals surface area contributed by atoms with Crippen molar-refractivity contribution in [3.05, 3.63) is 53.1 Å². The van der Waals surface area contributed by atoms with Crippen LogP contribution >= 0.6 is 12.2 Å². The molecule has 0 aromatic carbocycles. The van der Waals surface area contributed by atoms with E-state index in [9.17, 15) is 0 Å². The molecule has 1 N–H and O–H groups in total. The molecule has 1 aliphatic heterocycles. The zero-order valence-corrected chi connectivity index (χ0v) is 17.5. The van der Waals surface area contributed by atoms with E-state index >= 15 is 0 Å². The van der Waals surface area contributed by atoms with E-state index in [2.05, 4.69) is 73.4 Å². The minimum Gasteiger partial charge on any atom is -0.352 e. The van der Waals surface area contributed by atoms with Crippen LogP contribution < -0.4 is 5.32 Å². The zero-order valence-electron chi connectivity index (χ0n) is 16.7. The van der Waals surface area contributed by atoms with Crippen molar-refractivity contribution in [3.8, 4) is 0 Å². The van der Waals surface area contributed by atoms with Crippen molar-refractivity contribution in [2.45, 2.75) is 59.7 Å². The first-order valence-electron chi connectivity index (χ1n) is 9.47. The van der Waals surface area contributed by atoms with Crippen LogP contribution in [0.4, 0.5) is 0 Å². The number of hydrogen-bond donors (Lipinski definition) is 1. The molecule has 1 aliphatic rings. The average molecular weight is 371 g/mol. The van der Waals surface area contributed by atoms with Gasteiger partial charge in [-0.2, -0.15) is 0 Å². The Bertz CT molecular complexity index is 779. The number of thiocarbonyl (C=S) groups is 1. The second-order valence-corrected chi connectivity index (χ2v) is 8.35. The summed E-state index contributed by atoms with van der Waals surface area (Å²) < 4.78 is 2.42. The summed E-state index contributed by atoms with van der Waals surface area (Å²) in [6, 6.07) is 9.11. The molecule has 0 radical (unpaired) electrons. The summed E-state index contributed by atoms with van der Waals surface area (Å²) in [5.74, 6) is 0.535. The lowest BCUT2D eigenvalue weighted by molar-refractivity contribution is 0.286. The van der Waals surface area contributed by atoms with Gasteiger partial charge in [0.25, 0.3) is 0 Å². The molecule has 0 aliphatic carbocycles. The van der Waals surface area contributed by atoms with E-state index in [-0.39, 0.29) is 12.1 Å². The lowest BCUT2D eigenvalue weighted by Gasteiger charge is -2.29. The number of nitrogens with one attached hydrogen (secondary N) is 1. The molecule has 2 atom stereocenters. The molecule has 0 unspecified atom stereocenters. The molecule has 5 heteroatoms. The molecule has 2 aromatic rings. The highest BCUT2D eigenvalue weighted by atomic mass is 32.1. The number of aromatic nitrogens is 2. The number of hydrogen-bond acceptors (Lipinski definition) is 2. The summed E-state index contributed by atoms with van der Waals surface area (Å²) in [7, 11) is 0. The summed E-state index contributed by atoms with van der Waals surface area (Å²) in [6.45, 7) is 14.3. The largest absolute Gasteiger partial charge is 0.352 e. The van der Waals surface area contributed by atoms with Crippen LogP contribution in [0.15, 0.2) is 30.5 Å². The molecule has 2 aromatic heterocycles. The average Bonchev–Trinajstić information content (AvgIpc) is 3.04. The van der Waals surface area contributed by atoms with Gasteiger partial charge in [0.15, 0.2) is 5.11 Å². The Labute approximate surface area is 162 Å². The Morgan fingerprint density at radius 1 is 1.19 bits per heavy atom. The third-order valence-corrected chi connectivity index (χ3v) is 5.47. The first-order valence-corrected chi connectivity index (χ1v) is 9.88. The molecule has 3 rings (SSSR count). The maximum atomic E-state index is 5.73. The van der Waals surface area contributed by atoms with Crippen LogP contribution in [0.2, 0.25) is 0 Å². The standard InChI is InChI=1S/C21H30N4S/c1-13(2)12-24-20(17-11-15(5)25(14(3)4)16(17)6)19(23-21(24)26)18-9-7-8-10-22-18/h7-11,13-14,19-20H,12H2,1-6H3,(H,23,26)/t19-,20-/m1/s1. The zero-order chi connectivity index (χ0) is 19.0. The van der Waals surface area contributed by atoms with Gasteiger partial charge < -0.3 is 14.8 Å². The van der Waals surface area contributed by atoms with Crippen molar-refractivity contribution in [3.63, 3.8) is 0 Å². The summed E-state index contributed by atoms with van der Waals surface area (Å²) >= 11 is 5.73. The lowest BCUT2D eigenvalue weighted by Crippen LogP contribution is -2.33. The van der Waals surface area contributed by atoms with E-state index in [0.717, 1.165) is 17.4 Å². The van der Waals surface area contributed by atoms with Gasteiger partial charge in [0.1, 0.15) is 0 Å². The normalized spacial score (nSPS) is 20.3. The molecule has 140 valence electrons. The van der Waals surface area contributed by atoms with E-state index in [4.69, 9.17) is 12.2 Å². The summed E-state index contributed by atoms with van der Waals surface area (Å²) in [5.41, 5.74) is 5.01. The third kappa shape index (κ3) is 3.37. The molecular weight excluding hydrogens is 340 g/mol. The van der Waals surface area contributed by atoms with Crippen LogP contribution in [0.25, 0.3) is 0 Å². The Morgan fingerprint density at radius 2 is 1.92 bits per heavy atom. The molecule has 4 nitrogen and oxygen atoms in total. The number of nitrogens with zero attached hydrogens (tertiary/aromatic N) is 3. The quantitative estimate of drug-likeness (QED) is 0.773. The van der Waals surface area contributed by atoms with Crippen molar-refractivity contribution in [1.82, 2.24) is 19.8 Å². The Kier molecular flexibility index (Phi) is 5.37. The molecule has 1 saturated heterocycles. The van der Waals surface area contributed by atoms with Gasteiger partial charge in [-0.05, 0) is 69.6 Å². The Hall–Kier alpha value is -1.88. The Balaban J connectivity index is 2.11. The molecule has 26 heavy (non-hydrogen) atoms. The summed E-state index contributed by atoms with van der Waals surface area (Å²) in [6.07, 6.45) is 1.86. The maximum absolute atomic E-state index is 5.73. The SMILES string of the molecule is Cc1cc([C@@H]2[C@@H](c3ccccn3)NC(=S)N2CC(C)C)c(C)n1C(C)C. The monoisotopic (exact) mass is 370 g/mol. The minimum absolute atomic E-state index is 0.0727. The van der Waals surface area contributed by atoms with E-state index in [1.165, 1.54) is 17.0 Å². The fraction of sp³-hybridized carbons (Fsp3) is 0.524. The fourth-order valence-electron chi connectivity index (χ4n) is 4.23. The topological polar surface area (TPSA) is 33.1 Å². The molecule has 1 fully saturated rings. The number of pyridine rings is 1. The van der Waals surface area contributed by atoms with E-state index < -0.39 is 0 Å². The van der Waals surface area contributed by atoms with Crippen LogP contribution in [0.5, 0.6) is 0 Å². The van der Waals surface area contributed by atoms with Gasteiger partial charge >= 0.3 is 0 Å². The molecule has 0 spiro atoms. The van der Waals surface area contributed by atoms with Gasteiger partial charge in [0, 0.05) is 30.2 Å². The van der Waals surface area contributed by atoms with Gasteiger partial charge in [-0.25, -0.2) is 0 Å². The predicted octanol–water partition coefficient (Wildman–Crippen LogP) is 4.71. The number of rotatable bonds is 5. The second-order valence-electron chi connectivity index (χ2n) is 7.96. The minimum atomic E-state index is 0.0727.